The number of anilines is 2. The number of nitrogens with zero attached hydrogens (tertiary/aromatic N) is 1. The van der Waals surface area contributed by atoms with Crippen LogP contribution in [0.5, 0.6) is 0 Å². The summed E-state index contributed by atoms with van der Waals surface area (Å²) in [5, 5.41) is 2.82. The third-order valence-electron chi connectivity index (χ3n) is 3.73. The molecule has 6 nitrogen and oxygen atoms in total. The van der Waals surface area contributed by atoms with Crippen LogP contribution >= 0.6 is 0 Å². The molecular formula is C20H20N4O2. The van der Waals surface area contributed by atoms with Gasteiger partial charge in [-0.1, -0.05) is 42.5 Å². The van der Waals surface area contributed by atoms with E-state index in [4.69, 9.17) is 0 Å². The number of hydrogen-bond donors (Lipinski definition) is 3. The Labute approximate surface area is 152 Å². The van der Waals surface area contributed by atoms with Crippen molar-refractivity contribution in [2.24, 2.45) is 0 Å². The average molecular weight is 348 g/mol. The third-order valence-corrected chi connectivity index (χ3v) is 3.73. The minimum atomic E-state index is -0.230. The predicted octanol–water partition coefficient (Wildman–Crippen LogP) is 2.87. The lowest BCUT2D eigenvalue weighted by Gasteiger charge is -2.21. The molecule has 0 saturated heterocycles. The first-order valence-corrected chi connectivity index (χ1v) is 8.30. The summed E-state index contributed by atoms with van der Waals surface area (Å²) >= 11 is 0. The van der Waals surface area contributed by atoms with Gasteiger partial charge in [-0.15, -0.1) is 0 Å². The van der Waals surface area contributed by atoms with Crippen molar-refractivity contribution in [1.82, 2.24) is 10.3 Å². The van der Waals surface area contributed by atoms with Crippen LogP contribution in [-0.4, -0.2) is 23.3 Å². The van der Waals surface area contributed by atoms with Crippen LogP contribution < -0.4 is 16.2 Å². The fourth-order valence-corrected chi connectivity index (χ4v) is 2.48. The van der Waals surface area contributed by atoms with Gasteiger partial charge in [0.15, 0.2) is 0 Å². The highest BCUT2D eigenvalue weighted by Gasteiger charge is 2.15. The molecule has 0 atom stereocenters. The van der Waals surface area contributed by atoms with E-state index in [1.54, 1.807) is 17.3 Å². The molecule has 3 N–H and O–H groups in total. The monoisotopic (exact) mass is 348 g/mol. The van der Waals surface area contributed by atoms with E-state index in [-0.39, 0.29) is 18.4 Å². The van der Waals surface area contributed by atoms with Crippen molar-refractivity contribution >= 4 is 23.2 Å². The lowest BCUT2D eigenvalue weighted by Crippen LogP contribution is -2.33. The van der Waals surface area contributed by atoms with E-state index >= 15 is 0 Å². The highest BCUT2D eigenvalue weighted by atomic mass is 16.2. The van der Waals surface area contributed by atoms with Crippen molar-refractivity contribution in [3.63, 3.8) is 0 Å². The van der Waals surface area contributed by atoms with E-state index in [1.165, 1.54) is 0 Å². The number of carbonyl (C=O) groups excluding carboxylic acids is 2. The van der Waals surface area contributed by atoms with Gasteiger partial charge < -0.3 is 10.2 Å². The van der Waals surface area contributed by atoms with E-state index < -0.39 is 0 Å². The summed E-state index contributed by atoms with van der Waals surface area (Å²) in [7, 11) is 0. The van der Waals surface area contributed by atoms with Gasteiger partial charge in [0.05, 0.1) is 5.69 Å². The molecule has 3 rings (SSSR count). The van der Waals surface area contributed by atoms with Crippen molar-refractivity contribution < 1.29 is 9.59 Å². The molecule has 0 saturated carbocycles. The molecule has 0 aliphatic carbocycles. The Balaban J connectivity index is 1.53. The Bertz CT molecular complexity index is 816. The van der Waals surface area contributed by atoms with Gasteiger partial charge in [0.25, 0.3) is 5.91 Å². The van der Waals surface area contributed by atoms with Gasteiger partial charge in [-0.25, -0.2) is 0 Å². The summed E-state index contributed by atoms with van der Waals surface area (Å²) in [6, 6.07) is 18.6. The molecule has 0 aromatic heterocycles. The summed E-state index contributed by atoms with van der Waals surface area (Å²) in [6.45, 7) is 0.133. The maximum atomic E-state index is 12.3. The maximum Gasteiger partial charge on any atom is 0.267 e. The molecule has 1 heterocycles. The molecule has 6 heteroatoms. The van der Waals surface area contributed by atoms with E-state index in [0.29, 0.717) is 12.0 Å². The quantitative estimate of drug-likeness (QED) is 0.702. The number of nitrogens with one attached hydrogen (secondary N) is 3. The van der Waals surface area contributed by atoms with Crippen LogP contribution in [0.4, 0.5) is 11.4 Å². The van der Waals surface area contributed by atoms with E-state index in [2.05, 4.69) is 16.2 Å². The van der Waals surface area contributed by atoms with Crippen molar-refractivity contribution in [3.8, 4) is 0 Å². The number of carbonyl (C=O) groups is 2. The van der Waals surface area contributed by atoms with Crippen molar-refractivity contribution in [3.05, 3.63) is 84.7 Å². The highest BCUT2D eigenvalue weighted by molar-refractivity contribution is 5.95. The van der Waals surface area contributed by atoms with Gasteiger partial charge in [0, 0.05) is 23.7 Å². The van der Waals surface area contributed by atoms with Gasteiger partial charge in [0.2, 0.25) is 5.91 Å². The third kappa shape index (κ3) is 4.98. The summed E-state index contributed by atoms with van der Waals surface area (Å²) in [4.78, 5) is 26.1. The topological polar surface area (TPSA) is 73.5 Å². The van der Waals surface area contributed by atoms with E-state index in [1.807, 2.05) is 66.7 Å². The summed E-state index contributed by atoms with van der Waals surface area (Å²) < 4.78 is 0. The molecule has 26 heavy (non-hydrogen) atoms. The van der Waals surface area contributed by atoms with Gasteiger partial charge in [-0.3, -0.25) is 20.4 Å². The molecule has 132 valence electrons. The SMILES string of the molecule is O=C(CN1C=CCC(C(=O)NNc2ccccc2)=C1)Nc1ccccc1. The normalized spacial score (nSPS) is 12.9. The molecule has 0 fully saturated rings. The summed E-state index contributed by atoms with van der Waals surface area (Å²) in [5.41, 5.74) is 7.65. The largest absolute Gasteiger partial charge is 0.345 e. The van der Waals surface area contributed by atoms with Gasteiger partial charge in [-0.2, -0.15) is 0 Å². The van der Waals surface area contributed by atoms with Gasteiger partial charge in [0.1, 0.15) is 6.54 Å². The fraction of sp³-hybridized carbons (Fsp3) is 0.100. The zero-order valence-electron chi connectivity index (χ0n) is 14.2. The summed E-state index contributed by atoms with van der Waals surface area (Å²) in [6.07, 6.45) is 5.85. The first kappa shape index (κ1) is 17.3. The number of hydrazine groups is 1. The zero-order valence-corrected chi connectivity index (χ0v) is 14.2. The average Bonchev–Trinajstić information content (AvgIpc) is 2.68. The van der Waals surface area contributed by atoms with Crippen molar-refractivity contribution in [2.75, 3.05) is 17.3 Å². The number of hydrogen-bond acceptors (Lipinski definition) is 4. The number of rotatable bonds is 6. The second-order valence-electron chi connectivity index (χ2n) is 5.77. The van der Waals surface area contributed by atoms with Crippen LogP contribution in [0, 0.1) is 0 Å². The molecule has 1 aliphatic rings. The fourth-order valence-electron chi connectivity index (χ4n) is 2.48. The van der Waals surface area contributed by atoms with Crippen LogP contribution in [0.3, 0.4) is 0 Å². The molecule has 0 spiro atoms. The molecule has 0 radical (unpaired) electrons. The first-order chi connectivity index (χ1) is 12.7. The lowest BCUT2D eigenvalue weighted by molar-refractivity contribution is -0.118. The Hall–Kier alpha value is -3.54. The number of amides is 2. The number of para-hydroxylation sites is 2. The minimum absolute atomic E-state index is 0.133. The molecular weight excluding hydrogens is 328 g/mol. The lowest BCUT2D eigenvalue weighted by atomic mass is 10.1. The van der Waals surface area contributed by atoms with Crippen LogP contribution in [-0.2, 0) is 9.59 Å². The van der Waals surface area contributed by atoms with Crippen LogP contribution in [0.15, 0.2) is 84.7 Å². The molecule has 2 amide bonds. The Morgan fingerprint density at radius 1 is 0.923 bits per heavy atom. The van der Waals surface area contributed by atoms with Gasteiger partial charge in [-0.05, 0) is 30.7 Å². The smallest absolute Gasteiger partial charge is 0.267 e. The second kappa shape index (κ2) is 8.53. The maximum absolute atomic E-state index is 12.3. The van der Waals surface area contributed by atoms with Crippen molar-refractivity contribution in [2.45, 2.75) is 6.42 Å². The molecule has 0 bridgehead atoms. The van der Waals surface area contributed by atoms with Crippen LogP contribution in [0.2, 0.25) is 0 Å². The van der Waals surface area contributed by atoms with Crippen molar-refractivity contribution in [1.29, 1.82) is 0 Å². The van der Waals surface area contributed by atoms with Crippen LogP contribution in [0.25, 0.3) is 0 Å². The molecule has 2 aromatic rings. The zero-order chi connectivity index (χ0) is 18.2. The van der Waals surface area contributed by atoms with E-state index in [9.17, 15) is 9.59 Å². The minimum Gasteiger partial charge on any atom is -0.345 e. The number of benzene rings is 2. The first-order valence-electron chi connectivity index (χ1n) is 8.30. The van der Waals surface area contributed by atoms with Gasteiger partial charge >= 0.3 is 0 Å². The van der Waals surface area contributed by atoms with Crippen LogP contribution in [0.1, 0.15) is 6.42 Å². The standard InChI is InChI=1S/C20H20N4O2/c25-19(21-17-9-3-1-4-10-17)15-24-13-7-8-16(14-24)20(26)23-22-18-11-5-2-6-12-18/h1-7,9-14,22H,8,15H2,(H,21,25)(H,23,26). The molecule has 0 unspecified atom stereocenters. The molecule has 1 aliphatic heterocycles. The Morgan fingerprint density at radius 2 is 1.58 bits per heavy atom. The number of allylic oxidation sites excluding steroid dienone is 1. The Kier molecular flexibility index (Phi) is 5.67. The molecule has 2 aromatic carbocycles. The Morgan fingerprint density at radius 3 is 2.27 bits per heavy atom. The predicted molar refractivity (Wildman–Crippen MR) is 102 cm³/mol. The summed E-state index contributed by atoms with van der Waals surface area (Å²) in [5.74, 6) is -0.382. The second-order valence-corrected chi connectivity index (χ2v) is 5.77. The highest BCUT2D eigenvalue weighted by Crippen LogP contribution is 2.13. The van der Waals surface area contributed by atoms with E-state index in [0.717, 1.165) is 11.4 Å².